The van der Waals surface area contributed by atoms with Crippen molar-refractivity contribution in [2.75, 3.05) is 146 Å². The number of hydrogen-bond donors (Lipinski definition) is 0. The quantitative estimate of drug-likeness (QED) is 0.0343. The molecule has 0 aliphatic carbocycles. The van der Waals surface area contributed by atoms with E-state index in [1.165, 1.54) is 0 Å². The summed E-state index contributed by atoms with van der Waals surface area (Å²) in [6, 6.07) is 67.9. The summed E-state index contributed by atoms with van der Waals surface area (Å²) in [5.74, 6) is 0. The van der Waals surface area contributed by atoms with E-state index in [2.05, 4.69) is 0 Å². The first-order chi connectivity index (χ1) is 68.8. The Bertz CT molecular complexity index is 3770. The molecule has 770 valence electrons. The van der Waals surface area contributed by atoms with E-state index < -0.39 is 215 Å². The third kappa shape index (κ3) is 26.9. The van der Waals surface area contributed by atoms with E-state index in [9.17, 15) is 0 Å². The van der Waals surface area contributed by atoms with Crippen molar-refractivity contribution in [1.82, 2.24) is 0 Å². The summed E-state index contributed by atoms with van der Waals surface area (Å²) in [7, 11) is 21.7. The number of rotatable bonds is 42. The molecule has 7 aromatic rings. The lowest BCUT2D eigenvalue weighted by molar-refractivity contribution is -0.406. The Labute approximate surface area is 820 Å². The molecule has 21 aliphatic rings. The summed E-state index contributed by atoms with van der Waals surface area (Å²) in [5, 5.41) is 0. The van der Waals surface area contributed by atoms with Gasteiger partial charge in [-0.3, -0.25) is 0 Å². The number of ether oxygens (including phenoxy) is 35. The Morgan fingerprint density at radius 1 is 0.150 bits per heavy atom. The smallest absolute Gasteiger partial charge is 0.187 e. The van der Waals surface area contributed by atoms with Crippen LogP contribution in [-0.2, 0) is 212 Å². The summed E-state index contributed by atoms with van der Waals surface area (Å²) in [4.78, 5) is 0. The maximum atomic E-state index is 7.58. The fourth-order valence-corrected chi connectivity index (χ4v) is 19.7. The van der Waals surface area contributed by atoms with Gasteiger partial charge in [0, 0.05) is 99.5 Å². The van der Waals surface area contributed by atoms with Gasteiger partial charge in [0.25, 0.3) is 0 Å². The molecular weight excluding hydrogens is 1820 g/mol. The molecule has 35 heteroatoms. The fraction of sp³-hybridized carbons (Fsp3) is 0.600. The summed E-state index contributed by atoms with van der Waals surface area (Å²) in [5.41, 5.74) is 5.77. The maximum absolute atomic E-state index is 7.58. The molecule has 140 heavy (non-hydrogen) atoms. The second-order valence-electron chi connectivity index (χ2n) is 35.4. The highest BCUT2D eigenvalue weighted by atomic mass is 16.8. The van der Waals surface area contributed by atoms with Crippen molar-refractivity contribution >= 4 is 0 Å². The highest BCUT2D eigenvalue weighted by molar-refractivity contribution is 5.21. The first kappa shape index (κ1) is 107. The number of methoxy groups -OCH3 is 14. The van der Waals surface area contributed by atoms with E-state index in [0.717, 1.165) is 38.9 Å². The van der Waals surface area contributed by atoms with Crippen LogP contribution in [0.25, 0.3) is 0 Å². The molecule has 0 saturated carbocycles. The SMILES string of the molecule is COC[C@H]1O[C@@H]2O[C@H]3[C@H](OCc4ccccc4)[C@@H](OC)[C@@H](O[C@H]4[C@H](OCc5ccccc5)[C@@H](OC)[C@@H](O[C@H]5[C@H](OCc6ccccc6)[C@@H](OC)[C@@H](O[C@H]6[C@H](OCc7ccccc7)[C@@H](OC)[C@@H](O[C@H]7[C@H](OCc8ccccc8)[C@@H](OC)[C@@H](O[C@H]8[C@H](OCc9ccccc9)[C@@H](OC)[C@@H](O[C@H]1[C@H](OCc1ccccc1)[C@H]2OC)O[C@@H]8COC)O[C@@H]7COC)O[C@@H]6COC)O[C@@H]5COC)O[C@@H]4COC)O[C@@H]3COC. The first-order valence-corrected chi connectivity index (χ1v) is 47.7. The normalized spacial score (nSPS) is 35.6. The minimum absolute atomic E-state index is 0.0417. The van der Waals surface area contributed by atoms with Crippen LogP contribution in [0.5, 0.6) is 0 Å². The predicted octanol–water partition coefficient (Wildman–Crippen LogP) is 9.50. The minimum Gasteiger partial charge on any atom is -0.382 e. The molecule has 35 atom stereocenters. The van der Waals surface area contributed by atoms with Crippen LogP contribution < -0.4 is 0 Å². The van der Waals surface area contributed by atoms with Crippen LogP contribution in [0.3, 0.4) is 0 Å². The molecule has 21 fully saturated rings. The Hall–Kier alpha value is -6.86. The van der Waals surface area contributed by atoms with Crippen molar-refractivity contribution in [3.63, 3.8) is 0 Å². The average Bonchev–Trinajstić information content (AvgIpc) is 0.776. The molecule has 21 saturated heterocycles. The molecule has 35 nitrogen and oxygen atoms in total. The van der Waals surface area contributed by atoms with E-state index >= 15 is 0 Å². The molecule has 0 spiro atoms. The molecule has 21 heterocycles. The highest BCUT2D eigenvalue weighted by Crippen LogP contribution is 2.45. The van der Waals surface area contributed by atoms with Gasteiger partial charge < -0.3 is 166 Å². The van der Waals surface area contributed by atoms with Crippen LogP contribution in [-0.4, -0.2) is 361 Å². The van der Waals surface area contributed by atoms with Crippen molar-refractivity contribution in [1.29, 1.82) is 0 Å². The zero-order chi connectivity index (χ0) is 97.6. The molecule has 0 radical (unpaired) electrons. The lowest BCUT2D eigenvalue weighted by atomic mass is 9.94. The molecule has 0 N–H and O–H groups in total. The molecule has 0 aromatic heterocycles. The van der Waals surface area contributed by atoms with Crippen molar-refractivity contribution < 1.29 is 166 Å². The van der Waals surface area contributed by atoms with Gasteiger partial charge in [-0.2, -0.15) is 0 Å². The molecule has 14 bridgehead atoms. The van der Waals surface area contributed by atoms with Crippen molar-refractivity contribution in [2.45, 2.75) is 261 Å². The van der Waals surface area contributed by atoms with E-state index in [4.69, 9.17) is 166 Å². The van der Waals surface area contributed by atoms with Gasteiger partial charge in [-0.1, -0.05) is 212 Å². The molecule has 7 aromatic carbocycles. The van der Waals surface area contributed by atoms with E-state index in [0.29, 0.717) is 0 Å². The average molecular weight is 1960 g/mol. The van der Waals surface area contributed by atoms with Gasteiger partial charge in [0.05, 0.1) is 92.5 Å². The van der Waals surface area contributed by atoms with Gasteiger partial charge in [0.1, 0.15) is 171 Å². The topological polar surface area (TPSA) is 323 Å². The molecular formula is C105H140O35. The molecule has 0 unspecified atom stereocenters. The predicted molar refractivity (Wildman–Crippen MR) is 499 cm³/mol. The molecule has 21 aliphatic heterocycles. The van der Waals surface area contributed by atoms with Gasteiger partial charge in [-0.25, -0.2) is 0 Å². The second kappa shape index (κ2) is 55.1. The summed E-state index contributed by atoms with van der Waals surface area (Å²) < 4.78 is 246. The zero-order valence-electron chi connectivity index (χ0n) is 82.1. The highest BCUT2D eigenvalue weighted by Gasteiger charge is 2.63. The summed E-state index contributed by atoms with van der Waals surface area (Å²) in [6.07, 6.45) is -41.0. The van der Waals surface area contributed by atoms with Gasteiger partial charge in [-0.05, 0) is 38.9 Å². The zero-order valence-corrected chi connectivity index (χ0v) is 82.1. The first-order valence-electron chi connectivity index (χ1n) is 47.7. The van der Waals surface area contributed by atoms with Crippen LogP contribution in [0, 0.1) is 0 Å². The summed E-state index contributed by atoms with van der Waals surface area (Å²) in [6.45, 7) is -0.483. The second-order valence-corrected chi connectivity index (χ2v) is 35.4. The van der Waals surface area contributed by atoms with E-state index in [-0.39, 0.29) is 92.5 Å². The third-order valence-electron chi connectivity index (χ3n) is 26.4. The van der Waals surface area contributed by atoms with Crippen molar-refractivity contribution in [3.05, 3.63) is 251 Å². The lowest BCUT2D eigenvalue weighted by Gasteiger charge is -2.53. The standard InChI is InChI=1S/C105H140O35/c1-106-57-71-78-85(120-50-64-36-22-15-23-37-64)92(113-8)99(127-71)135-79-72(58-107-2)129-101(94(115-10)86(79)121-51-65-38-24-16-25-39-65)137-81-74(60-109-4)131-103(96(117-12)88(81)123-53-67-42-28-18-29-43-67)139-83-76(62-111-6)133-105(98(119-14)90(83)125-55-69-46-32-20-33-47-69)140-84-77(63-112-7)132-104(97(118-13)91(84)126-56-70-48-34-21-35-49-70)138-82-75(61-110-5)130-102(95(116-11)89(82)124-54-68-44-30-19-31-45-68)136-80-73(59-108-3)128-100(134-78)93(114-9)87(80)122-52-66-40-26-17-27-41-66/h15-49,71-105H,50-63H2,1-14H3/t71-,72-,73-,74-,75-,76-,77-,78-,79-,80-,81-,82-,83-,84-,85+,86+,87+,88+,89+,90+,91+,92-,93-,94-,95-,96-,97-,98-,99-,100-,101-,102-,103-,104-,105-/m1/s1. The van der Waals surface area contributed by atoms with Gasteiger partial charge >= 0.3 is 0 Å². The van der Waals surface area contributed by atoms with Crippen LogP contribution in [0.1, 0.15) is 38.9 Å². The van der Waals surface area contributed by atoms with Gasteiger partial charge in [0.2, 0.25) is 0 Å². The van der Waals surface area contributed by atoms with Gasteiger partial charge in [-0.15, -0.1) is 0 Å². The van der Waals surface area contributed by atoms with Crippen LogP contribution in [0.4, 0.5) is 0 Å². The Kier molecular flexibility index (Phi) is 42.2. The van der Waals surface area contributed by atoms with Crippen LogP contribution >= 0.6 is 0 Å². The molecule has 28 rings (SSSR count). The number of benzene rings is 7. The lowest BCUT2D eigenvalue weighted by Crippen LogP contribution is -2.69. The maximum Gasteiger partial charge on any atom is 0.187 e. The van der Waals surface area contributed by atoms with Crippen LogP contribution in [0.15, 0.2) is 212 Å². The third-order valence-corrected chi connectivity index (χ3v) is 26.4. The number of hydrogen-bond acceptors (Lipinski definition) is 35. The Morgan fingerprint density at radius 2 is 0.264 bits per heavy atom. The van der Waals surface area contributed by atoms with Crippen molar-refractivity contribution in [3.8, 4) is 0 Å². The van der Waals surface area contributed by atoms with Gasteiger partial charge in [0.15, 0.2) is 44.0 Å². The van der Waals surface area contributed by atoms with E-state index in [1.54, 1.807) is 99.5 Å². The molecule has 0 amide bonds. The van der Waals surface area contributed by atoms with E-state index in [1.807, 2.05) is 212 Å². The Balaban J connectivity index is 0.894. The monoisotopic (exact) mass is 1960 g/mol. The van der Waals surface area contributed by atoms with Crippen LogP contribution in [0.2, 0.25) is 0 Å². The fourth-order valence-electron chi connectivity index (χ4n) is 19.7. The minimum atomic E-state index is -1.36. The largest absolute Gasteiger partial charge is 0.382 e. The van der Waals surface area contributed by atoms with Crippen molar-refractivity contribution in [2.24, 2.45) is 0 Å². The summed E-state index contributed by atoms with van der Waals surface area (Å²) >= 11 is 0. The Morgan fingerprint density at radius 3 is 0.364 bits per heavy atom.